The number of ether oxygens (including phenoxy) is 1. The number of benzene rings is 2. The third-order valence-electron chi connectivity index (χ3n) is 7.15. The molecule has 1 saturated heterocycles. The van der Waals surface area contributed by atoms with Crippen molar-refractivity contribution in [3.05, 3.63) is 99.3 Å². The molecule has 7 nitrogen and oxygen atoms in total. The molecule has 174 valence electrons. The van der Waals surface area contributed by atoms with Crippen LogP contribution in [0.3, 0.4) is 0 Å². The van der Waals surface area contributed by atoms with Gasteiger partial charge in [-0.05, 0) is 33.7 Å². The largest absolute Gasteiger partial charge is 0.502 e. The highest BCUT2D eigenvalue weighted by Crippen LogP contribution is 2.49. The van der Waals surface area contributed by atoms with E-state index in [1.54, 1.807) is 27.1 Å². The summed E-state index contributed by atoms with van der Waals surface area (Å²) in [4.78, 5) is 28.8. The number of rotatable bonds is 1. The Morgan fingerprint density at radius 3 is 2.49 bits per heavy atom. The number of hydrogen-bond donors (Lipinski definition) is 1. The molecular formula is C27H21N3O4S. The Morgan fingerprint density at radius 1 is 0.914 bits per heavy atom. The van der Waals surface area contributed by atoms with E-state index in [4.69, 9.17) is 4.74 Å². The third kappa shape index (κ3) is 2.81. The zero-order chi connectivity index (χ0) is 23.7. The average molecular weight is 484 g/mol. The first-order valence-corrected chi connectivity index (χ1v) is 12.4. The van der Waals surface area contributed by atoms with Crippen molar-refractivity contribution >= 4 is 17.2 Å². The Balaban J connectivity index is 1.57. The summed E-state index contributed by atoms with van der Waals surface area (Å²) in [6.07, 6.45) is 1.18. The van der Waals surface area contributed by atoms with Crippen molar-refractivity contribution in [3.63, 3.8) is 0 Å². The molecule has 1 amide bonds. The number of aromatic nitrogens is 1. The quantitative estimate of drug-likeness (QED) is 0.446. The van der Waals surface area contributed by atoms with Gasteiger partial charge in [-0.15, -0.1) is 11.3 Å². The van der Waals surface area contributed by atoms with Crippen LogP contribution in [0.1, 0.15) is 27.7 Å². The maximum atomic E-state index is 13.5. The molecule has 2 atom stereocenters. The lowest BCUT2D eigenvalue weighted by Gasteiger charge is -2.51. The van der Waals surface area contributed by atoms with Gasteiger partial charge in [-0.25, -0.2) is 0 Å². The highest BCUT2D eigenvalue weighted by atomic mass is 32.1. The van der Waals surface area contributed by atoms with Gasteiger partial charge in [-0.2, -0.15) is 0 Å². The van der Waals surface area contributed by atoms with Gasteiger partial charge in [0.2, 0.25) is 5.43 Å². The first-order valence-electron chi connectivity index (χ1n) is 11.5. The van der Waals surface area contributed by atoms with E-state index in [9.17, 15) is 14.7 Å². The van der Waals surface area contributed by atoms with Gasteiger partial charge in [0.15, 0.2) is 11.4 Å². The molecule has 2 aromatic heterocycles. The zero-order valence-electron chi connectivity index (χ0n) is 18.6. The lowest BCUT2D eigenvalue weighted by Crippen LogP contribution is -2.66. The molecule has 0 saturated carbocycles. The molecule has 8 heteroatoms. The minimum atomic E-state index is -0.569. The van der Waals surface area contributed by atoms with Gasteiger partial charge in [0.05, 0.1) is 19.3 Å². The van der Waals surface area contributed by atoms with Crippen molar-refractivity contribution in [2.24, 2.45) is 0 Å². The zero-order valence-corrected chi connectivity index (χ0v) is 19.4. The molecule has 1 N–H and O–H groups in total. The molecule has 2 aliphatic heterocycles. The van der Waals surface area contributed by atoms with Crippen molar-refractivity contribution in [2.45, 2.75) is 12.2 Å². The summed E-state index contributed by atoms with van der Waals surface area (Å²) in [5.74, 6) is -0.888. The van der Waals surface area contributed by atoms with Crippen molar-refractivity contribution in [2.75, 3.05) is 24.8 Å². The normalized spacial score (nSPS) is 20.3. The highest BCUT2D eigenvalue weighted by molar-refractivity contribution is 7.14. The van der Waals surface area contributed by atoms with Crippen molar-refractivity contribution in [1.82, 2.24) is 9.58 Å². The Bertz CT molecular complexity index is 1500. The van der Waals surface area contributed by atoms with E-state index in [-0.39, 0.29) is 17.6 Å². The maximum Gasteiger partial charge on any atom is 0.278 e. The Kier molecular flexibility index (Phi) is 4.43. The fourth-order valence-corrected chi connectivity index (χ4v) is 6.59. The molecule has 0 radical (unpaired) electrons. The number of nitrogens with zero attached hydrogens (tertiary/aromatic N) is 3. The lowest BCUT2D eigenvalue weighted by atomic mass is 9.92. The summed E-state index contributed by atoms with van der Waals surface area (Å²) in [5.41, 5.74) is 5.02. The van der Waals surface area contributed by atoms with Gasteiger partial charge < -0.3 is 14.7 Å². The molecule has 0 spiro atoms. The van der Waals surface area contributed by atoms with Crippen LogP contribution < -0.4 is 10.4 Å². The maximum absolute atomic E-state index is 13.5. The number of amides is 1. The molecule has 0 bridgehead atoms. The molecule has 0 unspecified atom stereocenters. The second-order valence-electron chi connectivity index (χ2n) is 8.90. The minimum Gasteiger partial charge on any atom is -0.502 e. The Hall–Kier alpha value is -3.88. The summed E-state index contributed by atoms with van der Waals surface area (Å²) >= 11 is 1.71. The predicted molar refractivity (Wildman–Crippen MR) is 133 cm³/mol. The summed E-state index contributed by atoms with van der Waals surface area (Å²) in [5, 5.41) is 14.9. The predicted octanol–water partition coefficient (Wildman–Crippen LogP) is 3.80. The first kappa shape index (κ1) is 20.5. The Morgan fingerprint density at radius 2 is 1.66 bits per heavy atom. The molecule has 1 aliphatic carbocycles. The monoisotopic (exact) mass is 483 g/mol. The van der Waals surface area contributed by atoms with Crippen LogP contribution in [0.4, 0.5) is 0 Å². The number of morpholine rings is 1. The number of hydrogen-bond acceptors (Lipinski definition) is 6. The van der Waals surface area contributed by atoms with Crippen LogP contribution in [-0.4, -0.2) is 46.5 Å². The smallest absolute Gasteiger partial charge is 0.278 e. The van der Waals surface area contributed by atoms with E-state index in [0.717, 1.165) is 22.3 Å². The van der Waals surface area contributed by atoms with Crippen LogP contribution in [-0.2, 0) is 4.74 Å². The van der Waals surface area contributed by atoms with E-state index in [2.05, 4.69) is 40.7 Å². The second-order valence-corrected chi connectivity index (χ2v) is 9.81. The second kappa shape index (κ2) is 7.56. The van der Waals surface area contributed by atoms with Gasteiger partial charge in [-0.1, -0.05) is 48.5 Å². The van der Waals surface area contributed by atoms with Crippen LogP contribution in [0.5, 0.6) is 5.75 Å². The fraction of sp³-hybridized carbons (Fsp3) is 0.185. The van der Waals surface area contributed by atoms with Crippen molar-refractivity contribution in [3.8, 4) is 27.3 Å². The summed E-state index contributed by atoms with van der Waals surface area (Å²) < 4.78 is 7.52. The third-order valence-corrected chi connectivity index (χ3v) is 8.10. The summed E-state index contributed by atoms with van der Waals surface area (Å²) in [6.45, 7) is 1.11. The molecule has 2 aromatic carbocycles. The minimum absolute atomic E-state index is 0.00960. The van der Waals surface area contributed by atoms with Crippen molar-refractivity contribution in [1.29, 1.82) is 0 Å². The molecule has 7 rings (SSSR count). The van der Waals surface area contributed by atoms with Crippen LogP contribution in [0, 0.1) is 0 Å². The number of carbonyl (C=O) groups excluding carboxylic acids is 1. The first-order chi connectivity index (χ1) is 17.1. The number of aromatic hydroxyl groups is 1. The van der Waals surface area contributed by atoms with E-state index in [0.29, 0.717) is 19.8 Å². The van der Waals surface area contributed by atoms with E-state index >= 15 is 0 Å². The van der Waals surface area contributed by atoms with Gasteiger partial charge in [0.25, 0.3) is 5.91 Å². The van der Waals surface area contributed by atoms with Gasteiger partial charge in [0, 0.05) is 29.2 Å². The van der Waals surface area contributed by atoms with E-state index in [1.807, 2.05) is 24.3 Å². The number of pyridine rings is 1. The van der Waals surface area contributed by atoms with Crippen LogP contribution in [0.2, 0.25) is 0 Å². The molecule has 3 aliphatic rings. The summed E-state index contributed by atoms with van der Waals surface area (Å²) in [7, 11) is 0. The molecule has 4 aromatic rings. The van der Waals surface area contributed by atoms with Gasteiger partial charge >= 0.3 is 0 Å². The van der Waals surface area contributed by atoms with Crippen molar-refractivity contribution < 1.29 is 14.6 Å². The number of carbonyl (C=O) groups is 1. The number of fused-ring (bicyclic) bond motifs is 7. The van der Waals surface area contributed by atoms with Crippen LogP contribution in [0.25, 0.3) is 21.6 Å². The molecule has 1 fully saturated rings. The standard InChI is InChI=1S/C27H21N3O4S/c31-21-9-11-29-24(25(21)32)27(33)28-12-13-34-15-22(28)30(29)23-17-6-2-1-5-16(17)20-10-14-35-26(20)19-8-4-3-7-18(19)23/h1-11,14,22-23,32H,12-13,15H2/t22-,23-/m0/s1. The average Bonchev–Trinajstić information content (AvgIpc) is 3.34. The van der Waals surface area contributed by atoms with Crippen LogP contribution >= 0.6 is 11.3 Å². The highest BCUT2D eigenvalue weighted by Gasteiger charge is 2.46. The lowest BCUT2D eigenvalue weighted by molar-refractivity contribution is -0.0196. The van der Waals surface area contributed by atoms with Gasteiger partial charge in [0.1, 0.15) is 6.17 Å². The molecule has 35 heavy (non-hydrogen) atoms. The molecule has 4 heterocycles. The summed E-state index contributed by atoms with van der Waals surface area (Å²) in [6, 6.07) is 19.8. The SMILES string of the molecule is O=C1c2c(O)c(=O)ccn2N([C@H]2c3ccccc3-c3ccsc3-c3ccccc32)[C@H]2COCCN12. The topological polar surface area (TPSA) is 75.0 Å². The molecular weight excluding hydrogens is 462 g/mol. The van der Waals surface area contributed by atoms with E-state index in [1.165, 1.54) is 16.5 Å². The fourth-order valence-electron chi connectivity index (χ4n) is 5.64. The number of thiophene rings is 1. The van der Waals surface area contributed by atoms with Crippen LogP contribution in [0.15, 0.2) is 77.0 Å². The van der Waals surface area contributed by atoms with Gasteiger partial charge in [-0.3, -0.25) is 19.3 Å². The van der Waals surface area contributed by atoms with E-state index < -0.39 is 17.3 Å². The Labute approximate surface area is 205 Å².